The van der Waals surface area contributed by atoms with Gasteiger partial charge in [0.25, 0.3) is 0 Å². The second-order valence-corrected chi connectivity index (χ2v) is 7.57. The molecule has 0 fully saturated rings. The molecule has 0 spiro atoms. The fourth-order valence-corrected chi connectivity index (χ4v) is 3.41. The number of hydrogen-bond donors (Lipinski definition) is 2. The van der Waals surface area contributed by atoms with Crippen LogP contribution in [0.25, 0.3) is 0 Å². The fourth-order valence-electron chi connectivity index (χ4n) is 1.93. The summed E-state index contributed by atoms with van der Waals surface area (Å²) in [5.41, 5.74) is 6.40. The van der Waals surface area contributed by atoms with Crippen LogP contribution in [-0.2, 0) is 14.6 Å². The van der Waals surface area contributed by atoms with Gasteiger partial charge in [-0.05, 0) is 42.8 Å². The van der Waals surface area contributed by atoms with E-state index in [-0.39, 0.29) is 17.1 Å². The Morgan fingerprint density at radius 1 is 1.09 bits per heavy atom. The molecular formula is C16H17ClN2O3S. The maximum Gasteiger partial charge on any atom is 0.241 e. The number of carbonyl (C=O) groups is 1. The van der Waals surface area contributed by atoms with Crippen molar-refractivity contribution in [3.8, 4) is 0 Å². The highest BCUT2D eigenvalue weighted by atomic mass is 35.5. The molecule has 1 atom stereocenters. The molecule has 1 unspecified atom stereocenters. The molecule has 0 aliphatic heterocycles. The van der Waals surface area contributed by atoms with E-state index in [4.69, 9.17) is 17.3 Å². The van der Waals surface area contributed by atoms with Crippen LogP contribution in [0.3, 0.4) is 0 Å². The molecule has 1 amide bonds. The van der Waals surface area contributed by atoms with Crippen molar-refractivity contribution >= 4 is 33.0 Å². The summed E-state index contributed by atoms with van der Waals surface area (Å²) in [6, 6.07) is 13.8. The lowest BCUT2D eigenvalue weighted by Gasteiger charge is -2.12. The summed E-state index contributed by atoms with van der Waals surface area (Å²) in [5, 5.41) is 3.11. The molecule has 5 nitrogen and oxygen atoms in total. The Balaban J connectivity index is 1.94. The molecular weight excluding hydrogens is 336 g/mol. The number of hydrogen-bond acceptors (Lipinski definition) is 4. The predicted octanol–water partition coefficient (Wildman–Crippen LogP) is 2.47. The van der Waals surface area contributed by atoms with E-state index in [2.05, 4.69) is 5.32 Å². The van der Waals surface area contributed by atoms with Gasteiger partial charge >= 0.3 is 0 Å². The minimum absolute atomic E-state index is 0.0314. The van der Waals surface area contributed by atoms with Gasteiger partial charge in [-0.2, -0.15) is 0 Å². The molecule has 7 heteroatoms. The average molecular weight is 353 g/mol. The van der Waals surface area contributed by atoms with Gasteiger partial charge in [-0.25, -0.2) is 8.42 Å². The zero-order valence-electron chi connectivity index (χ0n) is 12.3. The average Bonchev–Trinajstić information content (AvgIpc) is 2.54. The van der Waals surface area contributed by atoms with E-state index in [9.17, 15) is 13.2 Å². The molecule has 0 bridgehead atoms. The number of anilines is 1. The lowest BCUT2D eigenvalue weighted by molar-refractivity contribution is -0.117. The molecule has 2 rings (SSSR count). The molecule has 23 heavy (non-hydrogen) atoms. The maximum absolute atomic E-state index is 12.2. The summed E-state index contributed by atoms with van der Waals surface area (Å²) in [7, 11) is -3.50. The fraction of sp³-hybridized carbons (Fsp3) is 0.188. The Morgan fingerprint density at radius 3 is 2.30 bits per heavy atom. The number of carbonyl (C=O) groups excluding carboxylic acids is 1. The highest BCUT2D eigenvalue weighted by Gasteiger charge is 2.20. The van der Waals surface area contributed by atoms with Crippen molar-refractivity contribution in [3.63, 3.8) is 0 Å². The number of halogens is 1. The van der Waals surface area contributed by atoms with Gasteiger partial charge in [0, 0.05) is 10.7 Å². The molecule has 3 N–H and O–H groups in total. The van der Waals surface area contributed by atoms with Gasteiger partial charge in [0.1, 0.15) is 0 Å². The number of nitrogens with two attached hydrogens (primary N) is 1. The Bertz CT molecular complexity index is 762. The molecule has 0 aliphatic rings. The summed E-state index contributed by atoms with van der Waals surface area (Å²) < 4.78 is 24.4. The Labute approximate surface area is 140 Å². The Morgan fingerprint density at radius 2 is 1.70 bits per heavy atom. The van der Waals surface area contributed by atoms with Crippen LogP contribution in [-0.4, -0.2) is 26.1 Å². The molecule has 2 aromatic carbocycles. The van der Waals surface area contributed by atoms with Crippen molar-refractivity contribution in [3.05, 3.63) is 59.6 Å². The second kappa shape index (κ2) is 7.59. The number of benzene rings is 2. The summed E-state index contributed by atoms with van der Waals surface area (Å²) in [5.74, 6) is -0.625. The SMILES string of the molecule is NC(CCS(=O)(=O)c1ccc(Cl)cc1)C(=O)Nc1ccccc1. The van der Waals surface area contributed by atoms with Crippen molar-refractivity contribution < 1.29 is 13.2 Å². The van der Waals surface area contributed by atoms with E-state index in [0.717, 1.165) is 0 Å². The van der Waals surface area contributed by atoms with Gasteiger partial charge < -0.3 is 11.1 Å². The van der Waals surface area contributed by atoms with Crippen molar-refractivity contribution in [2.75, 3.05) is 11.1 Å². The zero-order valence-corrected chi connectivity index (χ0v) is 13.8. The van der Waals surface area contributed by atoms with Gasteiger partial charge in [0.05, 0.1) is 16.7 Å². The Kier molecular flexibility index (Phi) is 5.76. The third-order valence-corrected chi connectivity index (χ3v) is 5.26. The molecule has 0 saturated carbocycles. The van der Waals surface area contributed by atoms with Crippen molar-refractivity contribution in [2.24, 2.45) is 5.73 Å². The number of rotatable bonds is 6. The monoisotopic (exact) mass is 352 g/mol. The first kappa shape index (κ1) is 17.5. The van der Waals surface area contributed by atoms with Gasteiger partial charge in [0.15, 0.2) is 9.84 Å². The van der Waals surface area contributed by atoms with Gasteiger partial charge in [-0.15, -0.1) is 0 Å². The number of sulfone groups is 1. The minimum Gasteiger partial charge on any atom is -0.325 e. The predicted molar refractivity (Wildman–Crippen MR) is 91.2 cm³/mol. The van der Waals surface area contributed by atoms with Gasteiger partial charge in [-0.1, -0.05) is 29.8 Å². The molecule has 0 aromatic heterocycles. The van der Waals surface area contributed by atoms with Crippen LogP contribution in [0.4, 0.5) is 5.69 Å². The van der Waals surface area contributed by atoms with E-state index in [1.54, 1.807) is 24.3 Å². The maximum atomic E-state index is 12.2. The zero-order chi connectivity index (χ0) is 16.9. The largest absolute Gasteiger partial charge is 0.325 e. The molecule has 2 aromatic rings. The van der Waals surface area contributed by atoms with E-state index in [1.165, 1.54) is 24.3 Å². The number of amides is 1. The highest BCUT2D eigenvalue weighted by Crippen LogP contribution is 2.16. The van der Waals surface area contributed by atoms with Crippen LogP contribution in [0.1, 0.15) is 6.42 Å². The van der Waals surface area contributed by atoms with Crippen LogP contribution in [0, 0.1) is 0 Å². The first-order chi connectivity index (χ1) is 10.9. The van der Waals surface area contributed by atoms with E-state index in [1.807, 2.05) is 6.07 Å². The van der Waals surface area contributed by atoms with Crippen LogP contribution < -0.4 is 11.1 Å². The quantitative estimate of drug-likeness (QED) is 0.835. The first-order valence-electron chi connectivity index (χ1n) is 6.98. The van der Waals surface area contributed by atoms with E-state index >= 15 is 0 Å². The number of para-hydroxylation sites is 1. The van der Waals surface area contributed by atoms with Crippen LogP contribution in [0.5, 0.6) is 0 Å². The van der Waals surface area contributed by atoms with Crippen molar-refractivity contribution in [1.82, 2.24) is 0 Å². The molecule has 0 saturated heterocycles. The second-order valence-electron chi connectivity index (χ2n) is 5.02. The van der Waals surface area contributed by atoms with E-state index in [0.29, 0.717) is 10.7 Å². The number of nitrogens with one attached hydrogen (secondary N) is 1. The summed E-state index contributed by atoms with van der Waals surface area (Å²) in [6.07, 6.45) is 0.0314. The van der Waals surface area contributed by atoms with Crippen LogP contribution in [0.15, 0.2) is 59.5 Å². The molecule has 0 aliphatic carbocycles. The Hall–Kier alpha value is -1.89. The minimum atomic E-state index is -3.50. The lowest BCUT2D eigenvalue weighted by atomic mass is 10.2. The third kappa shape index (κ3) is 5.06. The van der Waals surface area contributed by atoms with Crippen LogP contribution >= 0.6 is 11.6 Å². The molecule has 0 radical (unpaired) electrons. The standard InChI is InChI=1S/C16H17ClN2O3S/c17-12-6-8-14(9-7-12)23(21,22)11-10-15(18)16(20)19-13-4-2-1-3-5-13/h1-9,15H,10-11,18H2,(H,19,20). The topological polar surface area (TPSA) is 89.3 Å². The smallest absolute Gasteiger partial charge is 0.241 e. The van der Waals surface area contributed by atoms with Crippen LogP contribution in [0.2, 0.25) is 5.02 Å². The van der Waals surface area contributed by atoms with Crippen molar-refractivity contribution in [1.29, 1.82) is 0 Å². The summed E-state index contributed by atoms with van der Waals surface area (Å²) >= 11 is 5.74. The highest BCUT2D eigenvalue weighted by molar-refractivity contribution is 7.91. The van der Waals surface area contributed by atoms with Gasteiger partial charge in [0.2, 0.25) is 5.91 Å². The molecule has 0 heterocycles. The van der Waals surface area contributed by atoms with Crippen molar-refractivity contribution in [2.45, 2.75) is 17.4 Å². The summed E-state index contributed by atoms with van der Waals surface area (Å²) in [4.78, 5) is 12.1. The lowest BCUT2D eigenvalue weighted by Crippen LogP contribution is -2.37. The normalized spacial score (nSPS) is 12.6. The third-order valence-electron chi connectivity index (χ3n) is 3.25. The first-order valence-corrected chi connectivity index (χ1v) is 9.01. The van der Waals surface area contributed by atoms with E-state index < -0.39 is 21.8 Å². The molecule has 122 valence electrons. The summed E-state index contributed by atoms with van der Waals surface area (Å²) in [6.45, 7) is 0. The van der Waals surface area contributed by atoms with Gasteiger partial charge in [-0.3, -0.25) is 4.79 Å².